The van der Waals surface area contributed by atoms with Crippen molar-refractivity contribution in [1.82, 2.24) is 0 Å². The SMILES string of the molecule is COc1cccc2c1Nc1ccccc1N2CCCCCCN.O=[N+]([O-])O. The maximum absolute atomic E-state index is 8.36. The lowest BCUT2D eigenvalue weighted by atomic mass is 10.1. The number of benzene rings is 2. The lowest BCUT2D eigenvalue weighted by Gasteiger charge is -2.34. The third-order valence-electron chi connectivity index (χ3n) is 4.31. The number of para-hydroxylation sites is 3. The van der Waals surface area contributed by atoms with Crippen molar-refractivity contribution < 1.29 is 15.0 Å². The van der Waals surface area contributed by atoms with E-state index in [1.807, 2.05) is 6.07 Å². The zero-order valence-electron chi connectivity index (χ0n) is 15.4. The number of rotatable bonds is 7. The molecular weight excluding hydrogens is 348 g/mol. The van der Waals surface area contributed by atoms with Gasteiger partial charge < -0.3 is 25.9 Å². The van der Waals surface area contributed by atoms with Gasteiger partial charge in [0.05, 0.1) is 24.2 Å². The first kappa shape index (κ1) is 20.3. The number of nitrogens with two attached hydrogens (primary N) is 1. The monoisotopic (exact) mass is 374 g/mol. The first-order valence-corrected chi connectivity index (χ1v) is 8.92. The van der Waals surface area contributed by atoms with E-state index in [0.29, 0.717) is 0 Å². The maximum atomic E-state index is 8.36. The molecule has 0 saturated carbocycles. The molecule has 8 nitrogen and oxygen atoms in total. The lowest BCUT2D eigenvalue weighted by molar-refractivity contribution is -0.742. The Morgan fingerprint density at radius 2 is 1.78 bits per heavy atom. The summed E-state index contributed by atoms with van der Waals surface area (Å²) < 4.78 is 5.53. The smallest absolute Gasteiger partial charge is 0.291 e. The molecule has 0 saturated heterocycles. The Hall–Kier alpha value is -3.00. The van der Waals surface area contributed by atoms with E-state index in [1.165, 1.54) is 24.2 Å². The Bertz CT molecular complexity index is 750. The van der Waals surface area contributed by atoms with Gasteiger partial charge in [0.1, 0.15) is 11.4 Å². The molecule has 1 aliphatic heterocycles. The first-order chi connectivity index (χ1) is 13.1. The zero-order valence-corrected chi connectivity index (χ0v) is 15.4. The molecule has 1 heterocycles. The number of methoxy groups -OCH3 is 1. The Morgan fingerprint density at radius 1 is 1.11 bits per heavy atom. The number of hydrogen-bond acceptors (Lipinski definition) is 6. The van der Waals surface area contributed by atoms with E-state index in [1.54, 1.807) is 7.11 Å². The zero-order chi connectivity index (χ0) is 19.6. The van der Waals surface area contributed by atoms with Gasteiger partial charge in [-0.2, -0.15) is 0 Å². The average Bonchev–Trinajstić information content (AvgIpc) is 2.66. The molecule has 0 unspecified atom stereocenters. The van der Waals surface area contributed by atoms with Crippen molar-refractivity contribution in [2.24, 2.45) is 5.73 Å². The van der Waals surface area contributed by atoms with Crippen LogP contribution in [0.2, 0.25) is 0 Å². The number of unbranched alkanes of at least 4 members (excludes halogenated alkanes) is 3. The van der Waals surface area contributed by atoms with E-state index in [2.05, 4.69) is 46.6 Å². The highest BCUT2D eigenvalue weighted by Crippen LogP contribution is 2.47. The minimum atomic E-state index is -1.50. The van der Waals surface area contributed by atoms with Crippen molar-refractivity contribution >= 4 is 22.7 Å². The predicted molar refractivity (Wildman–Crippen MR) is 106 cm³/mol. The summed E-state index contributed by atoms with van der Waals surface area (Å²) in [5, 5.41) is 17.2. The van der Waals surface area contributed by atoms with Gasteiger partial charge in [-0.05, 0) is 43.7 Å². The molecule has 4 N–H and O–H groups in total. The highest BCUT2D eigenvalue weighted by molar-refractivity contribution is 5.94. The molecular formula is C19H26N4O4. The molecule has 0 fully saturated rings. The minimum absolute atomic E-state index is 0.788. The van der Waals surface area contributed by atoms with E-state index in [-0.39, 0.29) is 0 Å². The second kappa shape index (κ2) is 10.2. The van der Waals surface area contributed by atoms with E-state index < -0.39 is 5.09 Å². The molecule has 2 aromatic carbocycles. The number of ether oxygens (including phenoxy) is 1. The van der Waals surface area contributed by atoms with Crippen molar-refractivity contribution in [2.75, 3.05) is 30.4 Å². The molecule has 0 aliphatic carbocycles. The molecule has 146 valence electrons. The van der Waals surface area contributed by atoms with E-state index in [9.17, 15) is 0 Å². The largest absolute Gasteiger partial charge is 0.494 e. The number of nitrogens with one attached hydrogen (secondary N) is 1. The Morgan fingerprint density at radius 3 is 2.48 bits per heavy atom. The number of hydrogen-bond donors (Lipinski definition) is 3. The van der Waals surface area contributed by atoms with Gasteiger partial charge >= 0.3 is 0 Å². The molecule has 1 aliphatic rings. The van der Waals surface area contributed by atoms with E-state index in [0.717, 1.165) is 43.1 Å². The molecule has 8 heteroatoms. The average molecular weight is 374 g/mol. The van der Waals surface area contributed by atoms with Crippen LogP contribution in [-0.4, -0.2) is 30.5 Å². The molecule has 0 amide bonds. The fourth-order valence-electron chi connectivity index (χ4n) is 3.13. The molecule has 0 radical (unpaired) electrons. The van der Waals surface area contributed by atoms with Gasteiger partial charge in [-0.1, -0.05) is 31.0 Å². The molecule has 0 aromatic heterocycles. The van der Waals surface area contributed by atoms with Crippen LogP contribution in [0.3, 0.4) is 0 Å². The normalized spacial score (nSPS) is 11.4. The third kappa shape index (κ3) is 5.49. The van der Waals surface area contributed by atoms with Crippen LogP contribution in [0.4, 0.5) is 22.7 Å². The van der Waals surface area contributed by atoms with Gasteiger partial charge in [0, 0.05) is 6.54 Å². The van der Waals surface area contributed by atoms with Gasteiger partial charge in [-0.25, -0.2) is 0 Å². The summed E-state index contributed by atoms with van der Waals surface area (Å²) in [4.78, 5) is 10.8. The van der Waals surface area contributed by atoms with Crippen LogP contribution >= 0.6 is 0 Å². The summed E-state index contributed by atoms with van der Waals surface area (Å²) in [5.74, 6) is 0.880. The predicted octanol–water partition coefficient (Wildman–Crippen LogP) is 4.06. The van der Waals surface area contributed by atoms with Crippen molar-refractivity contribution in [3.05, 3.63) is 52.6 Å². The summed E-state index contributed by atoms with van der Waals surface area (Å²) >= 11 is 0. The molecule has 2 aromatic rings. The van der Waals surface area contributed by atoms with E-state index in [4.69, 9.17) is 25.8 Å². The number of fused-ring (bicyclic) bond motifs is 2. The fraction of sp³-hybridized carbons (Fsp3) is 0.368. The van der Waals surface area contributed by atoms with Crippen LogP contribution < -0.4 is 20.7 Å². The van der Waals surface area contributed by atoms with Crippen molar-refractivity contribution in [3.8, 4) is 5.75 Å². The molecule has 0 spiro atoms. The van der Waals surface area contributed by atoms with Crippen molar-refractivity contribution in [2.45, 2.75) is 25.7 Å². The molecule has 3 rings (SSSR count). The topological polar surface area (TPSA) is 114 Å². The fourth-order valence-corrected chi connectivity index (χ4v) is 3.13. The van der Waals surface area contributed by atoms with Crippen molar-refractivity contribution in [1.29, 1.82) is 0 Å². The van der Waals surface area contributed by atoms with Crippen LogP contribution in [0.5, 0.6) is 5.75 Å². The van der Waals surface area contributed by atoms with Crippen LogP contribution in [0.1, 0.15) is 25.7 Å². The maximum Gasteiger partial charge on any atom is 0.291 e. The van der Waals surface area contributed by atoms with Gasteiger partial charge in [0.15, 0.2) is 0 Å². The highest BCUT2D eigenvalue weighted by atomic mass is 16.9. The summed E-state index contributed by atoms with van der Waals surface area (Å²) in [6.07, 6.45) is 4.69. The van der Waals surface area contributed by atoms with Crippen LogP contribution in [0.25, 0.3) is 0 Å². The summed E-state index contributed by atoms with van der Waals surface area (Å²) in [6.45, 7) is 1.79. The van der Waals surface area contributed by atoms with Crippen LogP contribution in [0.15, 0.2) is 42.5 Å². The van der Waals surface area contributed by atoms with E-state index >= 15 is 0 Å². The molecule has 0 bridgehead atoms. The first-order valence-electron chi connectivity index (χ1n) is 8.92. The highest BCUT2D eigenvalue weighted by Gasteiger charge is 2.24. The quantitative estimate of drug-likeness (QED) is 0.380. The molecule has 27 heavy (non-hydrogen) atoms. The second-order valence-corrected chi connectivity index (χ2v) is 6.09. The third-order valence-corrected chi connectivity index (χ3v) is 4.31. The second-order valence-electron chi connectivity index (χ2n) is 6.09. The lowest BCUT2D eigenvalue weighted by Crippen LogP contribution is -2.24. The van der Waals surface area contributed by atoms with Crippen LogP contribution in [-0.2, 0) is 0 Å². The van der Waals surface area contributed by atoms with Crippen LogP contribution in [0, 0.1) is 10.1 Å². The summed E-state index contributed by atoms with van der Waals surface area (Å²) in [5.41, 5.74) is 10.2. The van der Waals surface area contributed by atoms with Gasteiger partial charge in [0.2, 0.25) is 0 Å². The molecule has 0 atom stereocenters. The minimum Gasteiger partial charge on any atom is -0.494 e. The van der Waals surface area contributed by atoms with Gasteiger partial charge in [-0.3, -0.25) is 0 Å². The number of anilines is 4. The summed E-state index contributed by atoms with van der Waals surface area (Å²) in [6, 6.07) is 14.6. The Labute approximate surface area is 158 Å². The van der Waals surface area contributed by atoms with Crippen molar-refractivity contribution in [3.63, 3.8) is 0 Å². The Kier molecular flexibility index (Phi) is 7.69. The standard InChI is InChI=1S/C19H25N3O.HNO3/c1-23-18-12-8-11-17-19(18)21-15-9-4-5-10-16(15)22(17)14-7-3-2-6-13-20;2-1(3)4/h4-5,8-12,21H,2-3,6-7,13-14,20H2,1H3;(H,2,3,4). The number of nitrogens with zero attached hydrogens (tertiary/aromatic N) is 2. The van der Waals surface area contributed by atoms with Gasteiger partial charge in [0.25, 0.3) is 5.09 Å². The van der Waals surface area contributed by atoms with Gasteiger partial charge in [-0.15, -0.1) is 10.1 Å². The Balaban J connectivity index is 0.000000596. The summed E-state index contributed by atoms with van der Waals surface area (Å²) in [7, 11) is 1.72.